The lowest BCUT2D eigenvalue weighted by Gasteiger charge is -2.19. The lowest BCUT2D eigenvalue weighted by molar-refractivity contribution is 0.383. The number of hydrogen-bond donors (Lipinski definition) is 1. The smallest absolute Gasteiger partial charge is 0.0961 e. The van der Waals surface area contributed by atoms with E-state index in [1.165, 1.54) is 12.8 Å². The fraction of sp³-hybridized carbons (Fsp3) is 0.889. The van der Waals surface area contributed by atoms with Crippen molar-refractivity contribution in [2.75, 3.05) is 6.54 Å². The lowest BCUT2D eigenvalue weighted by atomic mass is 10.2. The van der Waals surface area contributed by atoms with Crippen LogP contribution in [0.25, 0.3) is 0 Å². The largest absolute Gasteiger partial charge is 0.357 e. The Labute approximate surface area is 68.1 Å². The van der Waals surface area contributed by atoms with Gasteiger partial charge in [-0.2, -0.15) is 0 Å². The Bertz CT molecular complexity index is 196. The van der Waals surface area contributed by atoms with E-state index in [0.29, 0.717) is 11.5 Å². The molecule has 1 saturated heterocycles. The van der Waals surface area contributed by atoms with Crippen LogP contribution in [0.1, 0.15) is 33.1 Å². The molecule has 2 rings (SSSR count). The SMILES string of the molecule is CC1(C)CC1N1CCCC1=N. The molecule has 0 amide bonds. The van der Waals surface area contributed by atoms with Crippen molar-refractivity contribution < 1.29 is 0 Å². The maximum absolute atomic E-state index is 7.68. The first kappa shape index (κ1) is 7.14. The van der Waals surface area contributed by atoms with Gasteiger partial charge in [0.25, 0.3) is 0 Å². The Kier molecular flexibility index (Phi) is 1.29. The molecule has 0 aromatic rings. The van der Waals surface area contributed by atoms with Crippen LogP contribution in [-0.2, 0) is 0 Å². The quantitative estimate of drug-likeness (QED) is 0.610. The summed E-state index contributed by atoms with van der Waals surface area (Å²) in [6.45, 7) is 5.72. The van der Waals surface area contributed by atoms with Crippen LogP contribution in [0.3, 0.4) is 0 Å². The van der Waals surface area contributed by atoms with Crippen LogP contribution in [0.5, 0.6) is 0 Å². The number of nitrogens with zero attached hydrogens (tertiary/aromatic N) is 1. The molecule has 0 aromatic heterocycles. The summed E-state index contributed by atoms with van der Waals surface area (Å²) in [5.41, 5.74) is 0.497. The molecule has 1 aliphatic carbocycles. The van der Waals surface area contributed by atoms with Crippen LogP contribution in [0.15, 0.2) is 0 Å². The van der Waals surface area contributed by atoms with Gasteiger partial charge in [-0.1, -0.05) is 13.8 Å². The first-order chi connectivity index (χ1) is 5.11. The van der Waals surface area contributed by atoms with Crippen LogP contribution < -0.4 is 0 Å². The van der Waals surface area contributed by atoms with E-state index >= 15 is 0 Å². The molecule has 0 bridgehead atoms. The van der Waals surface area contributed by atoms with Crippen molar-refractivity contribution in [2.45, 2.75) is 39.2 Å². The van der Waals surface area contributed by atoms with Gasteiger partial charge in [0.1, 0.15) is 0 Å². The van der Waals surface area contributed by atoms with Crippen molar-refractivity contribution in [1.29, 1.82) is 5.41 Å². The summed E-state index contributed by atoms with van der Waals surface area (Å²) >= 11 is 0. The van der Waals surface area contributed by atoms with E-state index in [9.17, 15) is 0 Å². The standard InChI is InChI=1S/C9H16N2/c1-9(2)6-7(9)11-5-3-4-8(11)10/h7,10H,3-6H2,1-2H3. The Morgan fingerprint density at radius 3 is 2.55 bits per heavy atom. The minimum atomic E-state index is 0.497. The van der Waals surface area contributed by atoms with Crippen LogP contribution in [0, 0.1) is 10.8 Å². The Balaban J connectivity index is 2.02. The van der Waals surface area contributed by atoms with Gasteiger partial charge in [-0.25, -0.2) is 0 Å². The van der Waals surface area contributed by atoms with Crippen LogP contribution >= 0.6 is 0 Å². The van der Waals surface area contributed by atoms with Gasteiger partial charge in [-0.3, -0.25) is 5.41 Å². The average molecular weight is 152 g/mol. The van der Waals surface area contributed by atoms with Crippen molar-refractivity contribution in [3.8, 4) is 0 Å². The summed E-state index contributed by atoms with van der Waals surface area (Å²) in [5.74, 6) is 0.876. The number of hydrogen-bond acceptors (Lipinski definition) is 1. The van der Waals surface area contributed by atoms with Gasteiger partial charge >= 0.3 is 0 Å². The van der Waals surface area contributed by atoms with Gasteiger partial charge in [0.05, 0.1) is 5.84 Å². The molecule has 11 heavy (non-hydrogen) atoms. The molecule has 2 heteroatoms. The summed E-state index contributed by atoms with van der Waals surface area (Å²) in [4.78, 5) is 2.29. The molecule has 1 N–H and O–H groups in total. The molecule has 1 saturated carbocycles. The number of amidine groups is 1. The minimum Gasteiger partial charge on any atom is -0.357 e. The summed E-state index contributed by atoms with van der Waals surface area (Å²) in [7, 11) is 0. The van der Waals surface area contributed by atoms with Crippen LogP contribution in [0.4, 0.5) is 0 Å². The zero-order chi connectivity index (χ0) is 8.06. The van der Waals surface area contributed by atoms with Crippen LogP contribution in [-0.4, -0.2) is 23.3 Å². The fourth-order valence-electron chi connectivity index (χ4n) is 2.01. The fourth-order valence-corrected chi connectivity index (χ4v) is 2.01. The topological polar surface area (TPSA) is 27.1 Å². The normalized spacial score (nSPS) is 34.5. The van der Waals surface area contributed by atoms with E-state index in [1.54, 1.807) is 0 Å². The number of likely N-dealkylation sites (tertiary alicyclic amines) is 1. The van der Waals surface area contributed by atoms with E-state index in [0.717, 1.165) is 18.8 Å². The molecule has 1 aliphatic heterocycles. The molecule has 2 aliphatic rings. The molecule has 0 spiro atoms. The average Bonchev–Trinajstić information content (AvgIpc) is 2.38. The second-order valence-electron chi connectivity index (χ2n) is 4.45. The Hall–Kier alpha value is -0.530. The summed E-state index contributed by atoms with van der Waals surface area (Å²) in [6.07, 6.45) is 3.49. The molecular formula is C9H16N2. The zero-order valence-electron chi connectivity index (χ0n) is 7.35. The number of rotatable bonds is 1. The molecule has 62 valence electrons. The maximum Gasteiger partial charge on any atom is 0.0961 e. The lowest BCUT2D eigenvalue weighted by Crippen LogP contribution is -2.29. The van der Waals surface area contributed by atoms with E-state index < -0.39 is 0 Å². The van der Waals surface area contributed by atoms with Crippen molar-refractivity contribution >= 4 is 5.84 Å². The van der Waals surface area contributed by atoms with Crippen molar-refractivity contribution in [1.82, 2.24) is 4.90 Å². The highest BCUT2D eigenvalue weighted by atomic mass is 15.2. The van der Waals surface area contributed by atoms with E-state index in [-0.39, 0.29) is 0 Å². The molecular weight excluding hydrogens is 136 g/mol. The third kappa shape index (κ3) is 1.05. The first-order valence-corrected chi connectivity index (χ1v) is 4.45. The molecule has 1 heterocycles. The van der Waals surface area contributed by atoms with Crippen molar-refractivity contribution in [2.24, 2.45) is 5.41 Å². The number of nitrogens with one attached hydrogen (secondary N) is 1. The molecule has 0 radical (unpaired) electrons. The molecule has 2 fully saturated rings. The highest BCUT2D eigenvalue weighted by Crippen LogP contribution is 2.49. The van der Waals surface area contributed by atoms with Crippen molar-refractivity contribution in [3.05, 3.63) is 0 Å². The molecule has 2 nitrogen and oxygen atoms in total. The monoisotopic (exact) mass is 152 g/mol. The summed E-state index contributed by atoms with van der Waals surface area (Å²) in [6, 6.07) is 0.692. The third-order valence-corrected chi connectivity index (χ3v) is 3.00. The van der Waals surface area contributed by atoms with E-state index in [4.69, 9.17) is 5.41 Å². The third-order valence-electron chi connectivity index (χ3n) is 3.00. The first-order valence-electron chi connectivity index (χ1n) is 4.45. The Morgan fingerprint density at radius 2 is 2.18 bits per heavy atom. The van der Waals surface area contributed by atoms with Crippen molar-refractivity contribution in [3.63, 3.8) is 0 Å². The highest BCUT2D eigenvalue weighted by molar-refractivity contribution is 5.81. The maximum atomic E-state index is 7.68. The summed E-state index contributed by atoms with van der Waals surface area (Å²) in [5, 5.41) is 7.68. The minimum absolute atomic E-state index is 0.497. The van der Waals surface area contributed by atoms with Crippen LogP contribution in [0.2, 0.25) is 0 Å². The highest BCUT2D eigenvalue weighted by Gasteiger charge is 2.50. The van der Waals surface area contributed by atoms with Gasteiger partial charge in [0.2, 0.25) is 0 Å². The second kappa shape index (κ2) is 1.99. The predicted octanol–water partition coefficient (Wildman–Crippen LogP) is 1.86. The van der Waals surface area contributed by atoms with Gasteiger partial charge < -0.3 is 4.90 Å². The van der Waals surface area contributed by atoms with Gasteiger partial charge in [-0.05, 0) is 18.3 Å². The summed E-state index contributed by atoms with van der Waals surface area (Å²) < 4.78 is 0. The zero-order valence-corrected chi connectivity index (χ0v) is 7.35. The van der Waals surface area contributed by atoms with Gasteiger partial charge in [-0.15, -0.1) is 0 Å². The van der Waals surface area contributed by atoms with E-state index in [1.807, 2.05) is 0 Å². The Morgan fingerprint density at radius 1 is 1.55 bits per heavy atom. The van der Waals surface area contributed by atoms with Gasteiger partial charge in [0.15, 0.2) is 0 Å². The molecule has 0 aromatic carbocycles. The van der Waals surface area contributed by atoms with E-state index in [2.05, 4.69) is 18.7 Å². The van der Waals surface area contributed by atoms with Gasteiger partial charge in [0, 0.05) is 19.0 Å². The second-order valence-corrected chi connectivity index (χ2v) is 4.45. The molecule has 1 unspecified atom stereocenters. The molecule has 1 atom stereocenters. The predicted molar refractivity (Wildman–Crippen MR) is 45.9 cm³/mol.